The molecule has 0 saturated heterocycles. The Hall–Kier alpha value is -1.90. The minimum absolute atomic E-state index is 0.00574. The van der Waals surface area contributed by atoms with Crippen molar-refractivity contribution in [2.75, 3.05) is 0 Å². The fourth-order valence-corrected chi connectivity index (χ4v) is 2.32. The van der Waals surface area contributed by atoms with E-state index in [1.165, 1.54) is 5.56 Å². The van der Waals surface area contributed by atoms with Gasteiger partial charge in [-0.1, -0.05) is 25.1 Å². The number of aromatic nitrogens is 2. The Labute approximate surface area is 112 Å². The molecule has 1 aromatic heterocycles. The third-order valence-corrected chi connectivity index (χ3v) is 3.74. The molecular formula is C16H18N2O. The Kier molecular flexibility index (Phi) is 2.97. The van der Waals surface area contributed by atoms with E-state index in [-0.39, 0.29) is 5.56 Å². The van der Waals surface area contributed by atoms with Gasteiger partial charge in [0.15, 0.2) is 0 Å². The number of H-pyrrole nitrogens is 1. The van der Waals surface area contributed by atoms with Crippen molar-refractivity contribution in [3.63, 3.8) is 0 Å². The third-order valence-electron chi connectivity index (χ3n) is 3.74. The summed E-state index contributed by atoms with van der Waals surface area (Å²) in [5.41, 5.74) is 3.85. The van der Waals surface area contributed by atoms with Crippen molar-refractivity contribution in [2.45, 2.75) is 39.0 Å². The monoisotopic (exact) mass is 254 g/mol. The summed E-state index contributed by atoms with van der Waals surface area (Å²) in [5.74, 6) is 1.31. The summed E-state index contributed by atoms with van der Waals surface area (Å²) in [5, 5.41) is 0. The van der Waals surface area contributed by atoms with Crippen molar-refractivity contribution < 1.29 is 0 Å². The first-order chi connectivity index (χ1) is 9.19. The lowest BCUT2D eigenvalue weighted by Crippen LogP contribution is -2.15. The molecule has 0 bridgehead atoms. The molecule has 1 fully saturated rings. The number of aromatic amines is 1. The van der Waals surface area contributed by atoms with Gasteiger partial charge in [-0.3, -0.25) is 4.79 Å². The highest BCUT2D eigenvalue weighted by atomic mass is 16.1. The molecule has 0 spiro atoms. The summed E-state index contributed by atoms with van der Waals surface area (Å²) in [6, 6.07) is 8.30. The van der Waals surface area contributed by atoms with E-state index >= 15 is 0 Å². The van der Waals surface area contributed by atoms with E-state index in [4.69, 9.17) is 0 Å². The zero-order chi connectivity index (χ0) is 13.4. The van der Waals surface area contributed by atoms with Crippen LogP contribution in [0.1, 0.15) is 42.6 Å². The summed E-state index contributed by atoms with van der Waals surface area (Å²) in [4.78, 5) is 19.6. The first-order valence-electron chi connectivity index (χ1n) is 6.89. The van der Waals surface area contributed by atoms with E-state index in [0.717, 1.165) is 36.3 Å². The van der Waals surface area contributed by atoms with Gasteiger partial charge in [-0.15, -0.1) is 0 Å². The van der Waals surface area contributed by atoms with Crippen LogP contribution in [0.3, 0.4) is 0 Å². The predicted octanol–water partition coefficient (Wildman–Crippen LogP) is 3.19. The fraction of sp³-hybridized carbons (Fsp3) is 0.375. The summed E-state index contributed by atoms with van der Waals surface area (Å²) in [6.07, 6.45) is 3.27. The van der Waals surface area contributed by atoms with Crippen molar-refractivity contribution in [3.05, 3.63) is 51.6 Å². The number of hydrogen-bond donors (Lipinski definition) is 1. The van der Waals surface area contributed by atoms with Crippen molar-refractivity contribution in [3.8, 4) is 11.3 Å². The Morgan fingerprint density at radius 2 is 2.16 bits per heavy atom. The number of aryl methyl sites for hydroxylation is 1. The fourth-order valence-electron chi connectivity index (χ4n) is 2.32. The first kappa shape index (κ1) is 12.2. The van der Waals surface area contributed by atoms with Gasteiger partial charge in [-0.2, -0.15) is 0 Å². The average Bonchev–Trinajstić information content (AvgIpc) is 3.26. The minimum atomic E-state index is -0.00574. The van der Waals surface area contributed by atoms with Gasteiger partial charge in [-0.25, -0.2) is 4.98 Å². The van der Waals surface area contributed by atoms with Gasteiger partial charge in [0.1, 0.15) is 5.82 Å². The lowest BCUT2D eigenvalue weighted by atomic mass is 10.0. The van der Waals surface area contributed by atoms with Gasteiger partial charge in [0.2, 0.25) is 0 Å². The van der Waals surface area contributed by atoms with E-state index in [9.17, 15) is 4.79 Å². The van der Waals surface area contributed by atoms with Crippen LogP contribution in [0.2, 0.25) is 0 Å². The molecule has 98 valence electrons. The molecule has 1 saturated carbocycles. The summed E-state index contributed by atoms with van der Waals surface area (Å²) < 4.78 is 0. The van der Waals surface area contributed by atoms with E-state index in [1.807, 2.05) is 19.1 Å². The highest BCUT2D eigenvalue weighted by Gasteiger charge is 2.27. The topological polar surface area (TPSA) is 45.8 Å². The summed E-state index contributed by atoms with van der Waals surface area (Å²) in [7, 11) is 0. The molecule has 0 amide bonds. The molecule has 3 rings (SSSR count). The lowest BCUT2D eigenvalue weighted by Gasteiger charge is -2.08. The van der Waals surface area contributed by atoms with Gasteiger partial charge in [0.25, 0.3) is 5.56 Å². The number of benzene rings is 1. The summed E-state index contributed by atoms with van der Waals surface area (Å²) in [6.45, 7) is 3.98. The van der Waals surface area contributed by atoms with Crippen LogP contribution in [0.4, 0.5) is 0 Å². The molecule has 0 aliphatic heterocycles. The molecule has 0 atom stereocenters. The molecule has 19 heavy (non-hydrogen) atoms. The van der Waals surface area contributed by atoms with Crippen LogP contribution >= 0.6 is 0 Å². The largest absolute Gasteiger partial charge is 0.310 e. The zero-order valence-electron chi connectivity index (χ0n) is 11.4. The number of nitrogens with zero attached hydrogens (tertiary/aromatic N) is 1. The first-order valence-corrected chi connectivity index (χ1v) is 6.89. The van der Waals surface area contributed by atoms with Crippen LogP contribution in [0.5, 0.6) is 0 Å². The van der Waals surface area contributed by atoms with Crippen molar-refractivity contribution >= 4 is 0 Å². The molecule has 0 radical (unpaired) electrons. The molecule has 1 heterocycles. The minimum Gasteiger partial charge on any atom is -0.310 e. The molecule has 0 unspecified atom stereocenters. The average molecular weight is 254 g/mol. The van der Waals surface area contributed by atoms with E-state index in [0.29, 0.717) is 11.5 Å². The second-order valence-electron chi connectivity index (χ2n) is 5.25. The van der Waals surface area contributed by atoms with Crippen molar-refractivity contribution in [1.82, 2.24) is 9.97 Å². The van der Waals surface area contributed by atoms with Crippen LogP contribution in [-0.4, -0.2) is 9.97 Å². The van der Waals surface area contributed by atoms with E-state index in [2.05, 4.69) is 29.0 Å². The molecule has 1 aliphatic carbocycles. The molecule has 3 heteroatoms. The predicted molar refractivity (Wildman–Crippen MR) is 76.4 cm³/mol. The zero-order valence-corrected chi connectivity index (χ0v) is 11.4. The summed E-state index contributed by atoms with van der Waals surface area (Å²) >= 11 is 0. The second kappa shape index (κ2) is 4.65. The van der Waals surface area contributed by atoms with Crippen molar-refractivity contribution in [1.29, 1.82) is 0 Å². The van der Waals surface area contributed by atoms with Gasteiger partial charge >= 0.3 is 0 Å². The van der Waals surface area contributed by atoms with E-state index in [1.54, 1.807) is 0 Å². The Balaban J connectivity index is 2.14. The molecule has 1 aromatic carbocycles. The van der Waals surface area contributed by atoms with Gasteiger partial charge in [-0.05, 0) is 37.8 Å². The lowest BCUT2D eigenvalue weighted by molar-refractivity contribution is 0.900. The SMILES string of the molecule is CCc1cccc(-c2nc(C3CC3)[nH]c(=O)c2C)c1. The smallest absolute Gasteiger partial charge is 0.254 e. The molecule has 3 nitrogen and oxygen atoms in total. The van der Waals surface area contributed by atoms with Gasteiger partial charge in [0.05, 0.1) is 5.69 Å². The quantitative estimate of drug-likeness (QED) is 0.914. The van der Waals surface area contributed by atoms with Crippen LogP contribution in [0.15, 0.2) is 29.1 Å². The Morgan fingerprint density at radius 3 is 2.84 bits per heavy atom. The van der Waals surface area contributed by atoms with Gasteiger partial charge in [0, 0.05) is 17.0 Å². The number of hydrogen-bond acceptors (Lipinski definition) is 2. The van der Waals surface area contributed by atoms with Crippen LogP contribution in [0, 0.1) is 6.92 Å². The van der Waals surface area contributed by atoms with Crippen molar-refractivity contribution in [2.24, 2.45) is 0 Å². The Bertz CT molecular complexity index is 669. The highest BCUT2D eigenvalue weighted by molar-refractivity contribution is 5.63. The maximum Gasteiger partial charge on any atom is 0.254 e. The van der Waals surface area contributed by atoms with Gasteiger partial charge < -0.3 is 4.98 Å². The standard InChI is InChI=1S/C16H18N2O/c1-3-11-5-4-6-13(9-11)14-10(2)16(19)18-15(17-14)12-7-8-12/h4-6,9,12H,3,7-8H2,1-2H3,(H,17,18,19). The molecular weight excluding hydrogens is 236 g/mol. The molecule has 2 aromatic rings. The van der Waals surface area contributed by atoms with Crippen LogP contribution < -0.4 is 5.56 Å². The van der Waals surface area contributed by atoms with Crippen LogP contribution in [0.25, 0.3) is 11.3 Å². The molecule has 1 N–H and O–H groups in total. The third kappa shape index (κ3) is 2.33. The maximum absolute atomic E-state index is 12.0. The maximum atomic E-state index is 12.0. The normalized spacial score (nSPS) is 14.6. The number of rotatable bonds is 3. The second-order valence-corrected chi connectivity index (χ2v) is 5.25. The highest BCUT2D eigenvalue weighted by Crippen LogP contribution is 2.38. The molecule has 1 aliphatic rings. The Morgan fingerprint density at radius 1 is 1.37 bits per heavy atom. The number of nitrogens with one attached hydrogen (secondary N) is 1. The van der Waals surface area contributed by atoms with E-state index < -0.39 is 0 Å². The van der Waals surface area contributed by atoms with Crippen LogP contribution in [-0.2, 0) is 6.42 Å².